The summed E-state index contributed by atoms with van der Waals surface area (Å²) in [6.45, 7) is 3.12. The Morgan fingerprint density at radius 2 is 1.72 bits per heavy atom. The highest BCUT2D eigenvalue weighted by Gasteiger charge is 2.49. The lowest BCUT2D eigenvalue weighted by atomic mass is 9.83. The molecule has 0 aliphatic rings. The maximum atomic E-state index is 13.9. The van der Waals surface area contributed by atoms with E-state index in [1.54, 1.807) is 50.2 Å². The normalized spacial score (nSPS) is 14.3. The van der Waals surface area contributed by atoms with Crippen LogP contribution in [0, 0.1) is 5.92 Å². The first-order chi connectivity index (χ1) is 11.9. The zero-order chi connectivity index (χ0) is 18.4. The van der Waals surface area contributed by atoms with Crippen molar-refractivity contribution in [3.05, 3.63) is 48.0 Å². The maximum Gasteiger partial charge on any atom is 0.396 e. The first-order valence-electron chi connectivity index (χ1n) is 8.18. The molecule has 0 fully saturated rings. The molecule has 0 aliphatic carbocycles. The number of benzene rings is 2. The predicted molar refractivity (Wildman–Crippen MR) is 89.4 cm³/mol. The van der Waals surface area contributed by atoms with Gasteiger partial charge in [0.2, 0.25) is 0 Å². The van der Waals surface area contributed by atoms with Gasteiger partial charge in [0, 0.05) is 6.61 Å². The third kappa shape index (κ3) is 4.51. The van der Waals surface area contributed by atoms with Crippen LogP contribution in [0.3, 0.4) is 0 Å². The van der Waals surface area contributed by atoms with Crippen molar-refractivity contribution in [1.29, 1.82) is 0 Å². The van der Waals surface area contributed by atoms with Gasteiger partial charge in [-0.1, -0.05) is 42.5 Å². The average Bonchev–Trinajstić information content (AvgIpc) is 2.57. The Hall–Kier alpha value is -2.08. The molecule has 2 aromatic carbocycles. The number of carbonyl (C=O) groups is 1. The van der Waals surface area contributed by atoms with E-state index in [4.69, 9.17) is 9.47 Å². The van der Waals surface area contributed by atoms with Crippen molar-refractivity contribution in [2.24, 2.45) is 5.92 Å². The fourth-order valence-electron chi connectivity index (χ4n) is 2.94. The summed E-state index contributed by atoms with van der Waals surface area (Å²) < 4.78 is 51.9. The lowest BCUT2D eigenvalue weighted by Gasteiger charge is -2.28. The molecule has 2 atom stereocenters. The van der Waals surface area contributed by atoms with Gasteiger partial charge in [-0.3, -0.25) is 4.79 Å². The molecule has 0 aliphatic heterocycles. The van der Waals surface area contributed by atoms with Gasteiger partial charge >= 0.3 is 12.1 Å². The SMILES string of the molecule is CCOCC(C(=O)OCC)C(c1cccc2ccccc12)C(F)(F)F. The van der Waals surface area contributed by atoms with Gasteiger partial charge < -0.3 is 9.47 Å². The summed E-state index contributed by atoms with van der Waals surface area (Å²) in [5.74, 6) is -4.35. The molecule has 2 aromatic rings. The van der Waals surface area contributed by atoms with Gasteiger partial charge in [0.05, 0.1) is 25.0 Å². The molecule has 2 rings (SSSR count). The fourth-order valence-corrected chi connectivity index (χ4v) is 2.94. The molecule has 0 radical (unpaired) electrons. The molecule has 2 unspecified atom stereocenters. The zero-order valence-electron chi connectivity index (χ0n) is 14.2. The van der Waals surface area contributed by atoms with E-state index in [-0.39, 0.29) is 25.4 Å². The van der Waals surface area contributed by atoms with Crippen molar-refractivity contribution in [1.82, 2.24) is 0 Å². The van der Waals surface area contributed by atoms with Crippen LogP contribution < -0.4 is 0 Å². The smallest absolute Gasteiger partial charge is 0.396 e. The molecular formula is C19H21F3O3. The van der Waals surface area contributed by atoms with E-state index in [9.17, 15) is 18.0 Å². The second-order valence-electron chi connectivity index (χ2n) is 5.61. The van der Waals surface area contributed by atoms with Gasteiger partial charge in [-0.05, 0) is 30.2 Å². The van der Waals surface area contributed by atoms with E-state index in [1.165, 1.54) is 6.07 Å². The van der Waals surface area contributed by atoms with Gasteiger partial charge in [-0.2, -0.15) is 13.2 Å². The molecule has 0 aromatic heterocycles. The largest absolute Gasteiger partial charge is 0.466 e. The minimum Gasteiger partial charge on any atom is -0.466 e. The van der Waals surface area contributed by atoms with Gasteiger partial charge in [0.1, 0.15) is 0 Å². The third-order valence-electron chi connectivity index (χ3n) is 4.00. The Bertz CT molecular complexity index is 707. The molecule has 0 saturated carbocycles. The first-order valence-corrected chi connectivity index (χ1v) is 8.18. The standard InChI is InChI=1S/C19H21F3O3/c1-3-24-12-16(18(23)25-4-2)17(19(20,21)22)15-11-7-9-13-8-5-6-10-14(13)15/h5-11,16-17H,3-4,12H2,1-2H3. The van der Waals surface area contributed by atoms with Crippen LogP contribution in [-0.4, -0.2) is 32.0 Å². The molecule has 0 spiro atoms. The topological polar surface area (TPSA) is 35.5 Å². The van der Waals surface area contributed by atoms with Crippen LogP contribution in [0.25, 0.3) is 10.8 Å². The summed E-state index contributed by atoms with van der Waals surface area (Å²) in [7, 11) is 0. The summed E-state index contributed by atoms with van der Waals surface area (Å²) in [5, 5.41) is 1.16. The van der Waals surface area contributed by atoms with E-state index >= 15 is 0 Å². The first kappa shape index (κ1) is 19.2. The summed E-state index contributed by atoms with van der Waals surface area (Å²) in [6, 6.07) is 11.5. The average molecular weight is 354 g/mol. The second kappa shape index (κ2) is 8.34. The molecule has 0 amide bonds. The number of rotatable bonds is 7. The summed E-state index contributed by atoms with van der Waals surface area (Å²) in [6.07, 6.45) is -4.61. The van der Waals surface area contributed by atoms with Gasteiger partial charge in [0.25, 0.3) is 0 Å². The Kier molecular flexibility index (Phi) is 6.42. The Morgan fingerprint density at radius 1 is 1.04 bits per heavy atom. The highest BCUT2D eigenvalue weighted by atomic mass is 19.4. The Labute approximate surface area is 144 Å². The molecule has 25 heavy (non-hydrogen) atoms. The van der Waals surface area contributed by atoms with Crippen molar-refractivity contribution >= 4 is 16.7 Å². The number of fused-ring (bicyclic) bond motifs is 1. The molecule has 6 heteroatoms. The quantitative estimate of drug-likeness (QED) is 0.676. The van der Waals surface area contributed by atoms with Crippen LogP contribution >= 0.6 is 0 Å². The molecule has 3 nitrogen and oxygen atoms in total. The molecule has 0 bridgehead atoms. The van der Waals surface area contributed by atoms with Crippen LogP contribution in [0.4, 0.5) is 13.2 Å². The number of esters is 1. The Balaban J connectivity index is 2.58. The summed E-state index contributed by atoms with van der Waals surface area (Å²) in [5.41, 5.74) is 0.0587. The second-order valence-corrected chi connectivity index (χ2v) is 5.61. The minimum atomic E-state index is -4.61. The van der Waals surface area contributed by atoms with Crippen LogP contribution in [-0.2, 0) is 14.3 Å². The summed E-state index contributed by atoms with van der Waals surface area (Å²) in [4.78, 5) is 12.2. The van der Waals surface area contributed by atoms with Crippen molar-refractivity contribution in [2.45, 2.75) is 25.9 Å². The van der Waals surface area contributed by atoms with E-state index in [0.29, 0.717) is 10.8 Å². The van der Waals surface area contributed by atoms with Crippen LogP contribution in [0.15, 0.2) is 42.5 Å². The summed E-state index contributed by atoms with van der Waals surface area (Å²) >= 11 is 0. The van der Waals surface area contributed by atoms with Gasteiger partial charge in [-0.15, -0.1) is 0 Å². The third-order valence-corrected chi connectivity index (χ3v) is 4.00. The van der Waals surface area contributed by atoms with E-state index in [0.717, 1.165) is 0 Å². The number of ether oxygens (including phenoxy) is 2. The maximum absolute atomic E-state index is 13.9. The van der Waals surface area contributed by atoms with Crippen molar-refractivity contribution < 1.29 is 27.4 Å². The van der Waals surface area contributed by atoms with Crippen molar-refractivity contribution in [3.63, 3.8) is 0 Å². The van der Waals surface area contributed by atoms with Crippen molar-refractivity contribution in [2.75, 3.05) is 19.8 Å². The minimum absolute atomic E-state index is 0.0154. The number of alkyl halides is 3. The lowest BCUT2D eigenvalue weighted by molar-refractivity contribution is -0.182. The number of hydrogen-bond acceptors (Lipinski definition) is 3. The zero-order valence-corrected chi connectivity index (χ0v) is 14.2. The highest BCUT2D eigenvalue weighted by molar-refractivity contribution is 5.87. The molecular weight excluding hydrogens is 333 g/mol. The molecule has 136 valence electrons. The fraction of sp³-hybridized carbons (Fsp3) is 0.421. The van der Waals surface area contributed by atoms with Gasteiger partial charge in [-0.25, -0.2) is 0 Å². The van der Waals surface area contributed by atoms with Crippen LogP contribution in [0.5, 0.6) is 0 Å². The monoisotopic (exact) mass is 354 g/mol. The molecule has 0 N–H and O–H groups in total. The molecule has 0 heterocycles. The highest BCUT2D eigenvalue weighted by Crippen LogP contribution is 2.43. The lowest BCUT2D eigenvalue weighted by Crippen LogP contribution is -2.37. The van der Waals surface area contributed by atoms with E-state index in [2.05, 4.69) is 0 Å². The van der Waals surface area contributed by atoms with E-state index in [1.807, 2.05) is 0 Å². The number of halogens is 3. The van der Waals surface area contributed by atoms with E-state index < -0.39 is 24.0 Å². The predicted octanol–water partition coefficient (Wildman–Crippen LogP) is 4.70. The van der Waals surface area contributed by atoms with Crippen molar-refractivity contribution in [3.8, 4) is 0 Å². The van der Waals surface area contributed by atoms with Crippen LogP contribution in [0.2, 0.25) is 0 Å². The Morgan fingerprint density at radius 3 is 2.36 bits per heavy atom. The number of carbonyl (C=O) groups excluding carboxylic acids is 1. The van der Waals surface area contributed by atoms with Gasteiger partial charge in [0.15, 0.2) is 0 Å². The molecule has 0 saturated heterocycles. The van der Waals surface area contributed by atoms with Crippen LogP contribution in [0.1, 0.15) is 25.3 Å². The number of hydrogen-bond donors (Lipinski definition) is 0.